The monoisotopic (exact) mass is 270 g/mol. The molecule has 0 bridgehead atoms. The highest BCUT2D eigenvalue weighted by Gasteiger charge is 2.26. The Hall–Kier alpha value is -2.89. The van der Waals surface area contributed by atoms with Gasteiger partial charge in [-0.2, -0.15) is 0 Å². The average Bonchev–Trinajstić information content (AvgIpc) is 2.47. The van der Waals surface area contributed by atoms with Gasteiger partial charge in [-0.25, -0.2) is 0 Å². The second-order valence-corrected chi connectivity index (χ2v) is 4.32. The Labute approximate surface area is 114 Å². The van der Waals surface area contributed by atoms with Gasteiger partial charge in [-0.05, 0) is 24.3 Å². The largest absolute Gasteiger partial charge is 0.466 e. The molecule has 2 aromatic carbocycles. The number of ether oxygens (including phenoxy) is 1. The van der Waals surface area contributed by atoms with E-state index < -0.39 is 11.2 Å². The fourth-order valence-corrected chi connectivity index (χ4v) is 2.03. The number of nitro groups is 1. The van der Waals surface area contributed by atoms with Crippen LogP contribution in [0.25, 0.3) is 0 Å². The summed E-state index contributed by atoms with van der Waals surface area (Å²) in [5.74, 6) is 0.273. The van der Waals surface area contributed by atoms with Gasteiger partial charge < -0.3 is 10.1 Å². The Bertz CT molecular complexity index is 682. The van der Waals surface area contributed by atoms with Gasteiger partial charge in [0.1, 0.15) is 5.75 Å². The molecule has 1 heterocycles. The SMILES string of the molecule is O=C1N[C@H](c2ccc([N+](=O)[O-])cc2)Oc2ccccc21. The standard InChI is InChI=1S/C14H10N2O4/c17-13-11-3-1-2-4-12(11)20-14(15-13)9-5-7-10(8-6-9)16(18)19/h1-8,14H,(H,15,17)/t14-/m0/s1. The molecule has 20 heavy (non-hydrogen) atoms. The van der Waals surface area contributed by atoms with Crippen LogP contribution in [-0.2, 0) is 0 Å². The van der Waals surface area contributed by atoms with E-state index in [1.165, 1.54) is 12.1 Å². The number of para-hydroxylation sites is 1. The summed E-state index contributed by atoms with van der Waals surface area (Å²) >= 11 is 0. The van der Waals surface area contributed by atoms with Gasteiger partial charge in [-0.15, -0.1) is 0 Å². The lowest BCUT2D eigenvalue weighted by molar-refractivity contribution is -0.384. The number of carbonyl (C=O) groups excluding carboxylic acids is 1. The first-order valence-electron chi connectivity index (χ1n) is 5.96. The molecule has 1 aliphatic rings. The van der Waals surface area contributed by atoms with Crippen LogP contribution in [0.2, 0.25) is 0 Å². The third-order valence-electron chi connectivity index (χ3n) is 3.05. The minimum atomic E-state index is -0.641. The van der Waals surface area contributed by atoms with Crippen LogP contribution in [0.5, 0.6) is 5.75 Å². The molecular formula is C14H10N2O4. The van der Waals surface area contributed by atoms with Crippen LogP contribution >= 0.6 is 0 Å². The van der Waals surface area contributed by atoms with Crippen molar-refractivity contribution in [2.75, 3.05) is 0 Å². The smallest absolute Gasteiger partial charge is 0.269 e. The van der Waals surface area contributed by atoms with E-state index in [0.717, 1.165) is 0 Å². The summed E-state index contributed by atoms with van der Waals surface area (Å²) in [5.41, 5.74) is 1.13. The van der Waals surface area contributed by atoms with E-state index in [2.05, 4.69) is 5.32 Å². The maximum Gasteiger partial charge on any atom is 0.269 e. The van der Waals surface area contributed by atoms with Crippen molar-refractivity contribution in [3.8, 4) is 5.75 Å². The van der Waals surface area contributed by atoms with Crippen molar-refractivity contribution in [3.63, 3.8) is 0 Å². The average molecular weight is 270 g/mol. The van der Waals surface area contributed by atoms with E-state index in [0.29, 0.717) is 16.9 Å². The van der Waals surface area contributed by atoms with E-state index >= 15 is 0 Å². The zero-order valence-electron chi connectivity index (χ0n) is 10.3. The molecule has 0 saturated heterocycles. The van der Waals surface area contributed by atoms with Crippen LogP contribution < -0.4 is 10.1 Å². The highest BCUT2D eigenvalue weighted by molar-refractivity contribution is 5.97. The number of nitrogens with one attached hydrogen (secondary N) is 1. The number of carbonyl (C=O) groups is 1. The molecule has 0 spiro atoms. The number of nitrogens with zero attached hydrogens (tertiary/aromatic N) is 1. The number of benzene rings is 2. The van der Waals surface area contributed by atoms with Gasteiger partial charge in [0.25, 0.3) is 11.6 Å². The number of nitro benzene ring substituents is 1. The zero-order chi connectivity index (χ0) is 14.1. The van der Waals surface area contributed by atoms with Crippen molar-refractivity contribution in [1.82, 2.24) is 5.32 Å². The second-order valence-electron chi connectivity index (χ2n) is 4.32. The van der Waals surface area contributed by atoms with Gasteiger partial charge in [-0.1, -0.05) is 12.1 Å². The van der Waals surface area contributed by atoms with Crippen molar-refractivity contribution < 1.29 is 14.5 Å². The Morgan fingerprint density at radius 1 is 1.10 bits per heavy atom. The topological polar surface area (TPSA) is 81.5 Å². The first kappa shape index (κ1) is 12.2. The van der Waals surface area contributed by atoms with Gasteiger partial charge in [0.15, 0.2) is 6.23 Å². The summed E-state index contributed by atoms with van der Waals surface area (Å²) in [6, 6.07) is 12.8. The lowest BCUT2D eigenvalue weighted by Crippen LogP contribution is -2.36. The fraction of sp³-hybridized carbons (Fsp3) is 0.0714. The molecule has 0 unspecified atom stereocenters. The van der Waals surface area contributed by atoms with E-state index in [9.17, 15) is 14.9 Å². The fourth-order valence-electron chi connectivity index (χ4n) is 2.03. The van der Waals surface area contributed by atoms with Crippen molar-refractivity contribution >= 4 is 11.6 Å². The summed E-state index contributed by atoms with van der Waals surface area (Å²) in [5, 5.41) is 13.3. The van der Waals surface area contributed by atoms with Crippen LogP contribution in [-0.4, -0.2) is 10.8 Å². The summed E-state index contributed by atoms with van der Waals surface area (Å²) < 4.78 is 5.69. The first-order chi connectivity index (χ1) is 9.65. The summed E-state index contributed by atoms with van der Waals surface area (Å²) in [7, 11) is 0. The Balaban J connectivity index is 1.90. The van der Waals surface area contributed by atoms with Crippen molar-refractivity contribution in [2.45, 2.75) is 6.23 Å². The van der Waals surface area contributed by atoms with Crippen LogP contribution in [0.15, 0.2) is 48.5 Å². The molecule has 0 radical (unpaired) electrons. The van der Waals surface area contributed by atoms with E-state index in [4.69, 9.17) is 4.74 Å². The number of rotatable bonds is 2. The number of hydrogen-bond acceptors (Lipinski definition) is 4. The number of amides is 1. The molecule has 1 atom stereocenters. The maximum atomic E-state index is 11.9. The van der Waals surface area contributed by atoms with Gasteiger partial charge in [0.05, 0.1) is 10.5 Å². The molecule has 2 aromatic rings. The quantitative estimate of drug-likeness (QED) is 0.671. The molecule has 1 amide bonds. The maximum absolute atomic E-state index is 11.9. The minimum absolute atomic E-state index is 0.00344. The molecule has 0 aromatic heterocycles. The predicted octanol–water partition coefficient (Wildman–Crippen LogP) is 2.42. The molecule has 1 N–H and O–H groups in total. The van der Waals surface area contributed by atoms with Gasteiger partial charge in [0.2, 0.25) is 0 Å². The normalized spacial score (nSPS) is 16.8. The molecule has 6 nitrogen and oxygen atoms in total. The number of fused-ring (bicyclic) bond motifs is 1. The molecule has 0 saturated carbocycles. The highest BCUT2D eigenvalue weighted by atomic mass is 16.6. The van der Waals surface area contributed by atoms with Gasteiger partial charge in [0, 0.05) is 17.7 Å². The van der Waals surface area contributed by atoms with Crippen LogP contribution in [0.3, 0.4) is 0 Å². The zero-order valence-corrected chi connectivity index (χ0v) is 10.3. The van der Waals surface area contributed by atoms with Crippen molar-refractivity contribution in [3.05, 3.63) is 69.8 Å². The lowest BCUT2D eigenvalue weighted by atomic mass is 10.1. The molecule has 1 aliphatic heterocycles. The first-order valence-corrected chi connectivity index (χ1v) is 5.96. The Morgan fingerprint density at radius 2 is 1.80 bits per heavy atom. The molecular weight excluding hydrogens is 260 g/mol. The lowest BCUT2D eigenvalue weighted by Gasteiger charge is -2.26. The number of hydrogen-bond donors (Lipinski definition) is 1. The van der Waals surface area contributed by atoms with E-state index in [1.54, 1.807) is 36.4 Å². The molecule has 0 aliphatic carbocycles. The van der Waals surface area contributed by atoms with Crippen molar-refractivity contribution in [1.29, 1.82) is 0 Å². The number of non-ortho nitro benzene ring substituents is 1. The highest BCUT2D eigenvalue weighted by Crippen LogP contribution is 2.29. The summed E-state index contributed by atoms with van der Waals surface area (Å²) in [6.45, 7) is 0. The van der Waals surface area contributed by atoms with Crippen molar-refractivity contribution in [2.24, 2.45) is 0 Å². The third-order valence-corrected chi connectivity index (χ3v) is 3.05. The van der Waals surface area contributed by atoms with E-state index in [1.807, 2.05) is 0 Å². The summed E-state index contributed by atoms with van der Waals surface area (Å²) in [4.78, 5) is 22.1. The third kappa shape index (κ3) is 2.07. The minimum Gasteiger partial charge on any atom is -0.466 e. The van der Waals surface area contributed by atoms with Gasteiger partial charge in [-0.3, -0.25) is 14.9 Å². The molecule has 0 fully saturated rings. The predicted molar refractivity (Wildman–Crippen MR) is 70.4 cm³/mol. The molecule has 100 valence electrons. The Morgan fingerprint density at radius 3 is 2.50 bits per heavy atom. The Kier molecular flexibility index (Phi) is 2.83. The van der Waals surface area contributed by atoms with Crippen LogP contribution in [0.1, 0.15) is 22.1 Å². The second kappa shape index (κ2) is 4.65. The summed E-state index contributed by atoms with van der Waals surface area (Å²) in [6.07, 6.45) is -0.641. The van der Waals surface area contributed by atoms with Crippen LogP contribution in [0.4, 0.5) is 5.69 Å². The molecule has 6 heteroatoms. The van der Waals surface area contributed by atoms with Gasteiger partial charge >= 0.3 is 0 Å². The van der Waals surface area contributed by atoms with E-state index in [-0.39, 0.29) is 11.6 Å². The molecule has 3 rings (SSSR count). The van der Waals surface area contributed by atoms with Crippen LogP contribution in [0, 0.1) is 10.1 Å².